The van der Waals surface area contributed by atoms with Crippen LogP contribution in [0.2, 0.25) is 0 Å². The molecular formula is C20H28O. The summed E-state index contributed by atoms with van der Waals surface area (Å²) in [7, 11) is 0. The van der Waals surface area contributed by atoms with Gasteiger partial charge in [0.15, 0.2) is 5.78 Å². The molecule has 0 aromatic heterocycles. The molecule has 0 heterocycles. The molecule has 0 aliphatic heterocycles. The Morgan fingerprint density at radius 3 is 2.76 bits per heavy atom. The van der Waals surface area contributed by atoms with Crippen LogP contribution in [0.25, 0.3) is 0 Å². The molecule has 1 heteroatoms. The Kier molecular flexibility index (Phi) is 2.85. The minimum atomic E-state index is -0.0887. The maximum absolute atomic E-state index is 12.6. The fourth-order valence-corrected chi connectivity index (χ4v) is 6.44. The van der Waals surface area contributed by atoms with Gasteiger partial charge in [0.2, 0.25) is 0 Å². The number of ketones is 1. The first-order chi connectivity index (χ1) is 9.97. The molecule has 3 saturated carbocycles. The van der Waals surface area contributed by atoms with Gasteiger partial charge in [-0.05, 0) is 73.7 Å². The summed E-state index contributed by atoms with van der Waals surface area (Å²) in [4.78, 5) is 12.6. The van der Waals surface area contributed by atoms with Gasteiger partial charge in [-0.25, -0.2) is 0 Å². The molecule has 21 heavy (non-hydrogen) atoms. The lowest BCUT2D eigenvalue weighted by atomic mass is 9.48. The summed E-state index contributed by atoms with van der Waals surface area (Å²) in [5.41, 5.74) is 3.01. The topological polar surface area (TPSA) is 17.1 Å². The molecular weight excluding hydrogens is 256 g/mol. The van der Waals surface area contributed by atoms with Gasteiger partial charge in [-0.2, -0.15) is 0 Å². The van der Waals surface area contributed by atoms with E-state index < -0.39 is 0 Å². The molecule has 0 amide bonds. The second kappa shape index (κ2) is 4.33. The van der Waals surface area contributed by atoms with E-state index in [-0.39, 0.29) is 5.41 Å². The third-order valence-electron chi connectivity index (χ3n) is 7.71. The van der Waals surface area contributed by atoms with Crippen molar-refractivity contribution in [1.29, 1.82) is 0 Å². The normalized spacial score (nSPS) is 49.2. The van der Waals surface area contributed by atoms with Crippen LogP contribution in [0.5, 0.6) is 0 Å². The third kappa shape index (κ3) is 1.67. The number of fused-ring (bicyclic) bond motifs is 5. The minimum Gasteiger partial charge on any atom is -0.294 e. The van der Waals surface area contributed by atoms with Crippen molar-refractivity contribution >= 4 is 5.78 Å². The van der Waals surface area contributed by atoms with Gasteiger partial charge in [0.25, 0.3) is 0 Å². The Bertz CT molecular complexity index is 542. The van der Waals surface area contributed by atoms with Crippen LogP contribution in [0, 0.1) is 28.6 Å². The zero-order valence-corrected chi connectivity index (χ0v) is 13.6. The van der Waals surface area contributed by atoms with Crippen molar-refractivity contribution in [3.05, 3.63) is 23.8 Å². The van der Waals surface area contributed by atoms with Gasteiger partial charge in [0, 0.05) is 5.41 Å². The van der Waals surface area contributed by atoms with Crippen molar-refractivity contribution in [1.82, 2.24) is 0 Å². The zero-order valence-electron chi connectivity index (χ0n) is 13.6. The van der Waals surface area contributed by atoms with E-state index >= 15 is 0 Å². The average molecular weight is 284 g/mol. The molecule has 0 saturated heterocycles. The molecule has 4 aliphatic rings. The summed E-state index contributed by atoms with van der Waals surface area (Å²) in [6.45, 7) is 8.84. The quantitative estimate of drug-likeness (QED) is 0.448. The number of Topliss-reactive ketones (excluding diaryl/α,β-unsaturated/α-hetero) is 1. The van der Waals surface area contributed by atoms with E-state index in [1.165, 1.54) is 38.5 Å². The highest BCUT2D eigenvalue weighted by Crippen LogP contribution is 2.64. The lowest BCUT2D eigenvalue weighted by Gasteiger charge is -2.56. The third-order valence-corrected chi connectivity index (χ3v) is 7.71. The highest BCUT2D eigenvalue weighted by molar-refractivity contribution is 6.02. The highest BCUT2D eigenvalue weighted by Gasteiger charge is 2.59. The monoisotopic (exact) mass is 284 g/mol. The molecule has 0 N–H and O–H groups in total. The van der Waals surface area contributed by atoms with E-state index in [4.69, 9.17) is 0 Å². The Morgan fingerprint density at radius 1 is 1.14 bits per heavy atom. The predicted octanol–water partition coefficient (Wildman–Crippen LogP) is 5.07. The number of rotatable bonds is 0. The summed E-state index contributed by atoms with van der Waals surface area (Å²) in [6.07, 6.45) is 12.6. The molecule has 3 fully saturated rings. The summed E-state index contributed by atoms with van der Waals surface area (Å²) < 4.78 is 0. The molecule has 0 bridgehead atoms. The number of hydrogen-bond acceptors (Lipinski definition) is 1. The maximum atomic E-state index is 12.6. The first-order valence-corrected chi connectivity index (χ1v) is 8.89. The van der Waals surface area contributed by atoms with Crippen molar-refractivity contribution in [2.24, 2.45) is 28.6 Å². The van der Waals surface area contributed by atoms with Gasteiger partial charge >= 0.3 is 0 Å². The first-order valence-electron chi connectivity index (χ1n) is 8.89. The molecule has 5 atom stereocenters. The lowest BCUT2D eigenvalue weighted by molar-refractivity contribution is -0.129. The van der Waals surface area contributed by atoms with Gasteiger partial charge in [0.1, 0.15) is 0 Å². The van der Waals surface area contributed by atoms with Gasteiger partial charge in [-0.15, -0.1) is 0 Å². The van der Waals surface area contributed by atoms with Gasteiger partial charge < -0.3 is 0 Å². The molecule has 0 aromatic carbocycles. The van der Waals surface area contributed by atoms with Gasteiger partial charge in [0.05, 0.1) is 0 Å². The van der Waals surface area contributed by atoms with Crippen molar-refractivity contribution in [2.75, 3.05) is 0 Å². The second-order valence-electron chi connectivity index (χ2n) is 8.56. The van der Waals surface area contributed by atoms with E-state index in [9.17, 15) is 4.79 Å². The number of carbonyl (C=O) groups is 1. The summed E-state index contributed by atoms with van der Waals surface area (Å²) in [5, 5.41) is 0. The Labute approximate surface area is 128 Å². The first kappa shape index (κ1) is 13.8. The molecule has 0 unspecified atom stereocenters. The van der Waals surface area contributed by atoms with Crippen LogP contribution in [-0.4, -0.2) is 5.78 Å². The van der Waals surface area contributed by atoms with Gasteiger partial charge in [-0.1, -0.05) is 38.5 Å². The van der Waals surface area contributed by atoms with E-state index in [1.807, 2.05) is 0 Å². The van der Waals surface area contributed by atoms with Crippen LogP contribution in [-0.2, 0) is 4.79 Å². The molecule has 0 aromatic rings. The highest BCUT2D eigenvalue weighted by atomic mass is 16.1. The van der Waals surface area contributed by atoms with E-state index in [1.54, 1.807) is 5.57 Å². The number of carbonyl (C=O) groups excluding carboxylic acids is 1. The maximum Gasteiger partial charge on any atom is 0.164 e. The zero-order chi connectivity index (χ0) is 14.8. The molecule has 1 nitrogen and oxygen atoms in total. The summed E-state index contributed by atoms with van der Waals surface area (Å²) >= 11 is 0. The molecule has 0 radical (unpaired) electrons. The summed E-state index contributed by atoms with van der Waals surface area (Å²) in [5.74, 6) is 2.48. The minimum absolute atomic E-state index is 0.0887. The second-order valence-corrected chi connectivity index (χ2v) is 8.56. The van der Waals surface area contributed by atoms with Crippen molar-refractivity contribution in [2.45, 2.75) is 65.2 Å². The average Bonchev–Trinajstić information content (AvgIpc) is 2.70. The number of hydrogen-bond donors (Lipinski definition) is 0. The summed E-state index contributed by atoms with van der Waals surface area (Å²) in [6, 6.07) is 0. The SMILES string of the molecule is C=C1C[C@H]2[C@@H]3CC=C4CCCC[C@]4(C)[C@@H]3CC[C@]2(C)C1=O. The van der Waals surface area contributed by atoms with E-state index in [2.05, 4.69) is 26.5 Å². The smallest absolute Gasteiger partial charge is 0.164 e. The lowest BCUT2D eigenvalue weighted by Crippen LogP contribution is -2.49. The Morgan fingerprint density at radius 2 is 1.95 bits per heavy atom. The van der Waals surface area contributed by atoms with Crippen molar-refractivity contribution < 1.29 is 4.79 Å². The van der Waals surface area contributed by atoms with E-state index in [0.29, 0.717) is 17.1 Å². The Hall–Kier alpha value is -0.850. The molecule has 4 rings (SSSR count). The van der Waals surface area contributed by atoms with Crippen LogP contribution in [0.4, 0.5) is 0 Å². The van der Waals surface area contributed by atoms with Crippen molar-refractivity contribution in [3.8, 4) is 0 Å². The van der Waals surface area contributed by atoms with Crippen LogP contribution >= 0.6 is 0 Å². The van der Waals surface area contributed by atoms with Crippen LogP contribution in [0.1, 0.15) is 65.2 Å². The van der Waals surface area contributed by atoms with Gasteiger partial charge in [-0.3, -0.25) is 4.79 Å². The fraction of sp³-hybridized carbons (Fsp3) is 0.750. The largest absolute Gasteiger partial charge is 0.294 e. The van der Waals surface area contributed by atoms with Crippen LogP contribution in [0.3, 0.4) is 0 Å². The van der Waals surface area contributed by atoms with Crippen LogP contribution in [0.15, 0.2) is 23.8 Å². The number of allylic oxidation sites excluding steroid dienone is 3. The molecule has 4 aliphatic carbocycles. The molecule has 0 spiro atoms. The molecule has 114 valence electrons. The van der Waals surface area contributed by atoms with Crippen molar-refractivity contribution in [3.63, 3.8) is 0 Å². The Balaban J connectivity index is 1.73. The van der Waals surface area contributed by atoms with E-state index in [0.717, 1.165) is 30.3 Å². The predicted molar refractivity (Wildman–Crippen MR) is 85.9 cm³/mol. The fourth-order valence-electron chi connectivity index (χ4n) is 6.44. The van der Waals surface area contributed by atoms with Crippen LogP contribution < -0.4 is 0 Å². The standard InChI is InChI=1S/C20H28O/c1-13-12-17-15-8-7-14-6-4-5-10-19(14,2)16(15)9-11-20(17,3)18(13)21/h7,15-17H,1,4-6,8-12H2,2-3H3/t15-,16-,17+,19+,20+/m1/s1.